The van der Waals surface area contributed by atoms with Gasteiger partial charge in [-0.1, -0.05) is 18.2 Å². The zero-order valence-corrected chi connectivity index (χ0v) is 18.6. The molecule has 0 unspecified atom stereocenters. The molecule has 0 radical (unpaired) electrons. The van der Waals surface area contributed by atoms with Gasteiger partial charge in [-0.25, -0.2) is 13.8 Å². The maximum atomic E-state index is 13.4. The Bertz CT molecular complexity index is 1230. The van der Waals surface area contributed by atoms with E-state index in [0.717, 1.165) is 16.6 Å². The summed E-state index contributed by atoms with van der Waals surface area (Å²) in [6, 6.07) is 10.6. The lowest BCUT2D eigenvalue weighted by Gasteiger charge is -2.38. The molecule has 1 saturated heterocycles. The fourth-order valence-electron chi connectivity index (χ4n) is 4.75. The first-order chi connectivity index (χ1) is 16.3. The molecular weight excluding hydrogens is 442 g/mol. The third-order valence-electron chi connectivity index (χ3n) is 6.65. The summed E-state index contributed by atoms with van der Waals surface area (Å²) in [5.74, 6) is -2.62. The molecular formula is C24H26F2N6O2. The van der Waals surface area contributed by atoms with E-state index in [0.29, 0.717) is 24.5 Å². The highest BCUT2D eigenvalue weighted by molar-refractivity contribution is 5.95. The first kappa shape index (κ1) is 22.2. The van der Waals surface area contributed by atoms with E-state index >= 15 is 0 Å². The number of carbonyl (C=O) groups excluding carboxylic acids is 2. The van der Waals surface area contributed by atoms with Crippen LogP contribution in [0.15, 0.2) is 42.6 Å². The average molecular weight is 469 g/mol. The average Bonchev–Trinajstić information content (AvgIpc) is 3.12. The van der Waals surface area contributed by atoms with Crippen molar-refractivity contribution in [3.8, 4) is 0 Å². The number of nitrogens with zero attached hydrogens (tertiary/aromatic N) is 4. The minimum Gasteiger partial charge on any atom is -0.384 e. The Morgan fingerprint density at radius 2 is 1.88 bits per heavy atom. The van der Waals surface area contributed by atoms with Gasteiger partial charge < -0.3 is 16.0 Å². The number of fused-ring (bicyclic) bond motifs is 1. The predicted octanol–water partition coefficient (Wildman–Crippen LogP) is 2.95. The van der Waals surface area contributed by atoms with Gasteiger partial charge in [-0.2, -0.15) is 5.10 Å². The monoisotopic (exact) mass is 468 g/mol. The zero-order valence-electron chi connectivity index (χ0n) is 18.6. The van der Waals surface area contributed by atoms with Crippen molar-refractivity contribution in [3.05, 3.63) is 53.9 Å². The SMILES string of the molecule is Nc1cc(C(=O)N2CC(c3nn(CC(=O)NC4CCC(F)(F)CC4)c4ccccc34)C2)ccn1. The second kappa shape index (κ2) is 8.66. The Balaban J connectivity index is 1.26. The van der Waals surface area contributed by atoms with Crippen molar-refractivity contribution in [2.75, 3.05) is 18.8 Å². The maximum Gasteiger partial charge on any atom is 0.254 e. The second-order valence-electron chi connectivity index (χ2n) is 9.13. The summed E-state index contributed by atoms with van der Waals surface area (Å²) in [4.78, 5) is 31.0. The van der Waals surface area contributed by atoms with Crippen LogP contribution in [0, 0.1) is 0 Å². The Morgan fingerprint density at radius 1 is 1.15 bits per heavy atom. The number of benzene rings is 1. The van der Waals surface area contributed by atoms with Crippen molar-refractivity contribution in [1.29, 1.82) is 0 Å². The van der Waals surface area contributed by atoms with E-state index in [1.165, 1.54) is 6.20 Å². The number of amides is 2. The molecule has 2 fully saturated rings. The van der Waals surface area contributed by atoms with Crippen LogP contribution in [0.25, 0.3) is 10.9 Å². The van der Waals surface area contributed by atoms with E-state index < -0.39 is 5.92 Å². The van der Waals surface area contributed by atoms with Gasteiger partial charge in [0.15, 0.2) is 0 Å². The quantitative estimate of drug-likeness (QED) is 0.599. The lowest BCUT2D eigenvalue weighted by molar-refractivity contribution is -0.123. The van der Waals surface area contributed by atoms with Crippen LogP contribution in [0.1, 0.15) is 47.7 Å². The minimum absolute atomic E-state index is 0.0130. The topological polar surface area (TPSA) is 106 Å². The smallest absolute Gasteiger partial charge is 0.254 e. The normalized spacial score (nSPS) is 18.6. The van der Waals surface area contributed by atoms with E-state index in [9.17, 15) is 18.4 Å². The van der Waals surface area contributed by atoms with Crippen LogP contribution in [0.4, 0.5) is 14.6 Å². The number of anilines is 1. The maximum absolute atomic E-state index is 13.4. The molecule has 1 aliphatic heterocycles. The number of hydrogen-bond donors (Lipinski definition) is 2. The number of hydrogen-bond acceptors (Lipinski definition) is 5. The summed E-state index contributed by atoms with van der Waals surface area (Å²) in [7, 11) is 0. The number of halogens is 2. The van der Waals surface area contributed by atoms with Gasteiger partial charge in [0.2, 0.25) is 11.8 Å². The molecule has 34 heavy (non-hydrogen) atoms. The Kier molecular flexibility index (Phi) is 5.66. The first-order valence-corrected chi connectivity index (χ1v) is 11.4. The van der Waals surface area contributed by atoms with Crippen LogP contribution in [-0.2, 0) is 11.3 Å². The van der Waals surface area contributed by atoms with Crippen LogP contribution in [0.5, 0.6) is 0 Å². The predicted molar refractivity (Wildman–Crippen MR) is 122 cm³/mol. The molecule has 3 heterocycles. The largest absolute Gasteiger partial charge is 0.384 e. The van der Waals surface area contributed by atoms with Crippen LogP contribution in [-0.4, -0.2) is 56.5 Å². The standard InChI is InChI=1S/C24H26F2N6O2/c25-24(26)8-5-17(6-9-24)29-21(33)14-32-19-4-2-1-3-18(19)22(30-32)16-12-31(13-16)23(34)15-7-10-28-20(27)11-15/h1-4,7,10-11,16-17H,5-6,8-9,12-14H2,(H2,27,28)(H,29,33). The van der Waals surface area contributed by atoms with Gasteiger partial charge in [0, 0.05) is 55.0 Å². The van der Waals surface area contributed by atoms with Gasteiger partial charge in [-0.05, 0) is 31.0 Å². The summed E-state index contributed by atoms with van der Waals surface area (Å²) in [5, 5.41) is 8.54. The first-order valence-electron chi connectivity index (χ1n) is 11.4. The van der Waals surface area contributed by atoms with Gasteiger partial charge in [0.1, 0.15) is 12.4 Å². The minimum atomic E-state index is -2.63. The lowest BCUT2D eigenvalue weighted by Crippen LogP contribution is -2.48. The number of aromatic nitrogens is 3. The van der Waals surface area contributed by atoms with Crippen molar-refractivity contribution >= 4 is 28.5 Å². The third-order valence-corrected chi connectivity index (χ3v) is 6.65. The highest BCUT2D eigenvalue weighted by Crippen LogP contribution is 2.34. The molecule has 1 saturated carbocycles. The summed E-state index contributed by atoms with van der Waals surface area (Å²) >= 11 is 0. The Morgan fingerprint density at radius 3 is 2.62 bits per heavy atom. The molecule has 3 N–H and O–H groups in total. The summed E-state index contributed by atoms with van der Waals surface area (Å²) in [6.45, 7) is 1.05. The third kappa shape index (κ3) is 4.44. The summed E-state index contributed by atoms with van der Waals surface area (Å²) < 4.78 is 28.4. The fraction of sp³-hybridized carbons (Fsp3) is 0.417. The van der Waals surface area contributed by atoms with Crippen molar-refractivity contribution < 1.29 is 18.4 Å². The highest BCUT2D eigenvalue weighted by Gasteiger charge is 2.36. The van der Waals surface area contributed by atoms with Crippen molar-refractivity contribution in [3.63, 3.8) is 0 Å². The number of nitrogen functional groups attached to an aromatic ring is 1. The number of likely N-dealkylation sites (tertiary alicyclic amines) is 1. The van der Waals surface area contributed by atoms with Crippen LogP contribution in [0.2, 0.25) is 0 Å². The molecule has 1 aliphatic carbocycles. The molecule has 178 valence electrons. The van der Waals surface area contributed by atoms with Crippen LogP contribution >= 0.6 is 0 Å². The van der Waals surface area contributed by atoms with Crippen molar-refractivity contribution in [2.24, 2.45) is 0 Å². The van der Waals surface area contributed by atoms with Gasteiger partial charge in [0.25, 0.3) is 5.91 Å². The molecule has 2 aliphatic rings. The van der Waals surface area contributed by atoms with Crippen LogP contribution in [0.3, 0.4) is 0 Å². The van der Waals surface area contributed by atoms with E-state index in [2.05, 4.69) is 10.3 Å². The molecule has 0 spiro atoms. The Labute approximate surface area is 195 Å². The number of carbonyl (C=O) groups is 2. The molecule has 5 rings (SSSR count). The van der Waals surface area contributed by atoms with Crippen molar-refractivity contribution in [1.82, 2.24) is 25.0 Å². The molecule has 10 heteroatoms. The van der Waals surface area contributed by atoms with E-state index in [1.807, 2.05) is 24.3 Å². The molecule has 0 bridgehead atoms. The van der Waals surface area contributed by atoms with Crippen LogP contribution < -0.4 is 11.1 Å². The number of nitrogens with two attached hydrogens (primary N) is 1. The van der Waals surface area contributed by atoms with E-state index in [-0.39, 0.29) is 56.0 Å². The number of pyridine rings is 1. The molecule has 2 aromatic heterocycles. The van der Waals surface area contributed by atoms with Gasteiger partial charge >= 0.3 is 0 Å². The number of nitrogens with one attached hydrogen (secondary N) is 1. The Hall–Kier alpha value is -3.56. The summed E-state index contributed by atoms with van der Waals surface area (Å²) in [5.41, 5.74) is 7.86. The molecule has 1 aromatic carbocycles. The van der Waals surface area contributed by atoms with Gasteiger partial charge in [0.05, 0.1) is 11.2 Å². The number of rotatable bonds is 5. The summed E-state index contributed by atoms with van der Waals surface area (Å²) in [6.07, 6.45) is 1.67. The van der Waals surface area contributed by atoms with Gasteiger partial charge in [-0.15, -0.1) is 0 Å². The lowest BCUT2D eigenvalue weighted by atomic mass is 9.92. The molecule has 0 atom stereocenters. The van der Waals surface area contributed by atoms with E-state index in [4.69, 9.17) is 10.8 Å². The number of alkyl halides is 2. The molecule has 2 amide bonds. The zero-order chi connectivity index (χ0) is 23.9. The molecule has 3 aromatic rings. The molecule has 8 nitrogen and oxygen atoms in total. The van der Waals surface area contributed by atoms with E-state index in [1.54, 1.807) is 21.7 Å². The highest BCUT2D eigenvalue weighted by atomic mass is 19.3. The number of para-hydroxylation sites is 1. The fourth-order valence-corrected chi connectivity index (χ4v) is 4.75. The van der Waals surface area contributed by atoms with Crippen molar-refractivity contribution in [2.45, 2.75) is 50.1 Å². The van der Waals surface area contributed by atoms with Gasteiger partial charge in [-0.3, -0.25) is 14.3 Å². The second-order valence-corrected chi connectivity index (χ2v) is 9.13.